The molecular formula is C12H12BrClN4O. The van der Waals surface area contributed by atoms with E-state index in [1.54, 1.807) is 18.5 Å². The summed E-state index contributed by atoms with van der Waals surface area (Å²) in [5, 5.41) is 3.60. The first-order chi connectivity index (χ1) is 9.19. The molecule has 0 spiro atoms. The standard InChI is InChI=1S/C12H12BrClN4O/c1-2-3-16-12-17-7-10(13)11(18-12)19-9-4-8(14)5-15-6-9/h4-7H,2-3H2,1H3,(H,16,17,18). The average molecular weight is 344 g/mol. The molecule has 0 unspecified atom stereocenters. The lowest BCUT2D eigenvalue weighted by molar-refractivity contribution is 0.457. The summed E-state index contributed by atoms with van der Waals surface area (Å²) in [7, 11) is 0. The number of halogens is 2. The van der Waals surface area contributed by atoms with Crippen LogP contribution in [0.15, 0.2) is 29.1 Å². The Bertz CT molecular complexity index is 567. The summed E-state index contributed by atoms with van der Waals surface area (Å²) >= 11 is 9.19. The van der Waals surface area contributed by atoms with E-state index in [2.05, 4.69) is 43.1 Å². The summed E-state index contributed by atoms with van der Waals surface area (Å²) in [4.78, 5) is 12.4. The Kier molecular flexibility index (Phi) is 4.93. The smallest absolute Gasteiger partial charge is 0.238 e. The highest BCUT2D eigenvalue weighted by Gasteiger charge is 2.08. The van der Waals surface area contributed by atoms with Crippen molar-refractivity contribution in [2.45, 2.75) is 13.3 Å². The largest absolute Gasteiger partial charge is 0.436 e. The SMILES string of the molecule is CCCNc1ncc(Br)c(Oc2cncc(Cl)c2)n1. The highest BCUT2D eigenvalue weighted by atomic mass is 79.9. The topological polar surface area (TPSA) is 59.9 Å². The highest BCUT2D eigenvalue weighted by molar-refractivity contribution is 9.10. The second kappa shape index (κ2) is 6.68. The lowest BCUT2D eigenvalue weighted by Crippen LogP contribution is -2.05. The molecule has 0 saturated carbocycles. The lowest BCUT2D eigenvalue weighted by Gasteiger charge is -2.08. The minimum atomic E-state index is 0.415. The van der Waals surface area contributed by atoms with Crippen LogP contribution >= 0.6 is 27.5 Å². The van der Waals surface area contributed by atoms with Gasteiger partial charge in [0.15, 0.2) is 0 Å². The van der Waals surface area contributed by atoms with Gasteiger partial charge in [-0.15, -0.1) is 0 Å². The molecule has 0 bridgehead atoms. The number of rotatable bonds is 5. The van der Waals surface area contributed by atoms with Crippen LogP contribution in [0.5, 0.6) is 11.6 Å². The Morgan fingerprint density at radius 1 is 1.37 bits per heavy atom. The van der Waals surface area contributed by atoms with Gasteiger partial charge in [0.25, 0.3) is 0 Å². The minimum absolute atomic E-state index is 0.415. The van der Waals surface area contributed by atoms with Gasteiger partial charge in [0, 0.05) is 18.8 Å². The first-order valence-corrected chi connectivity index (χ1v) is 6.91. The van der Waals surface area contributed by atoms with Gasteiger partial charge in [0.2, 0.25) is 11.8 Å². The molecule has 1 N–H and O–H groups in total. The van der Waals surface area contributed by atoms with Crippen molar-refractivity contribution >= 4 is 33.5 Å². The van der Waals surface area contributed by atoms with Gasteiger partial charge >= 0.3 is 0 Å². The zero-order valence-electron chi connectivity index (χ0n) is 10.2. The van der Waals surface area contributed by atoms with Crippen molar-refractivity contribution in [1.82, 2.24) is 15.0 Å². The van der Waals surface area contributed by atoms with Gasteiger partial charge in [-0.25, -0.2) is 4.98 Å². The molecule has 100 valence electrons. The Labute approximate surface area is 124 Å². The summed E-state index contributed by atoms with van der Waals surface area (Å²) in [6.07, 6.45) is 5.74. The predicted molar refractivity (Wildman–Crippen MR) is 77.8 cm³/mol. The molecule has 0 aliphatic heterocycles. The molecule has 0 radical (unpaired) electrons. The Balaban J connectivity index is 2.19. The fourth-order valence-corrected chi connectivity index (χ4v) is 1.74. The summed E-state index contributed by atoms with van der Waals surface area (Å²) < 4.78 is 6.29. The molecule has 5 nitrogen and oxygen atoms in total. The molecular weight excluding hydrogens is 332 g/mol. The normalized spacial score (nSPS) is 10.3. The third-order valence-corrected chi connectivity index (χ3v) is 2.89. The summed E-state index contributed by atoms with van der Waals surface area (Å²) in [5.74, 6) is 1.46. The molecule has 19 heavy (non-hydrogen) atoms. The van der Waals surface area contributed by atoms with E-state index in [0.29, 0.717) is 27.1 Å². The van der Waals surface area contributed by atoms with Crippen LogP contribution in [-0.4, -0.2) is 21.5 Å². The molecule has 0 aromatic carbocycles. The summed E-state index contributed by atoms with van der Waals surface area (Å²) in [6, 6.07) is 1.67. The molecule has 2 rings (SSSR count). The molecule has 0 amide bonds. The Hall–Kier alpha value is -1.40. The van der Waals surface area contributed by atoms with E-state index in [1.165, 1.54) is 6.20 Å². The van der Waals surface area contributed by atoms with Gasteiger partial charge in [-0.3, -0.25) is 4.98 Å². The monoisotopic (exact) mass is 342 g/mol. The molecule has 0 fully saturated rings. The van der Waals surface area contributed by atoms with E-state index in [1.807, 2.05) is 0 Å². The lowest BCUT2D eigenvalue weighted by atomic mass is 10.4. The maximum Gasteiger partial charge on any atom is 0.238 e. The van der Waals surface area contributed by atoms with Gasteiger partial charge in [-0.1, -0.05) is 18.5 Å². The van der Waals surface area contributed by atoms with Crippen molar-refractivity contribution in [3.05, 3.63) is 34.2 Å². The van der Waals surface area contributed by atoms with Crippen LogP contribution in [0.25, 0.3) is 0 Å². The number of nitrogens with one attached hydrogen (secondary N) is 1. The Morgan fingerprint density at radius 2 is 2.21 bits per heavy atom. The van der Waals surface area contributed by atoms with Gasteiger partial charge in [-0.2, -0.15) is 4.98 Å². The van der Waals surface area contributed by atoms with Crippen LogP contribution in [0, 0.1) is 0 Å². The molecule has 2 aromatic rings. The number of nitrogens with zero attached hydrogens (tertiary/aromatic N) is 3. The van der Waals surface area contributed by atoms with Crippen molar-refractivity contribution in [2.75, 3.05) is 11.9 Å². The second-order valence-electron chi connectivity index (χ2n) is 3.71. The average Bonchev–Trinajstić information content (AvgIpc) is 2.40. The number of pyridine rings is 1. The first kappa shape index (κ1) is 14.0. The number of ether oxygens (including phenoxy) is 1. The molecule has 0 atom stereocenters. The van der Waals surface area contributed by atoms with Crippen LogP contribution in [0.3, 0.4) is 0 Å². The van der Waals surface area contributed by atoms with Crippen molar-refractivity contribution in [1.29, 1.82) is 0 Å². The van der Waals surface area contributed by atoms with E-state index in [9.17, 15) is 0 Å². The predicted octanol–water partition coefficient (Wildman–Crippen LogP) is 3.90. The molecule has 2 heterocycles. The molecule has 0 saturated heterocycles. The summed E-state index contributed by atoms with van der Waals surface area (Å²) in [6.45, 7) is 2.88. The number of hydrogen-bond donors (Lipinski definition) is 1. The van der Waals surface area contributed by atoms with E-state index in [-0.39, 0.29) is 0 Å². The molecule has 0 aliphatic rings. The van der Waals surface area contributed by atoms with Crippen molar-refractivity contribution in [3.8, 4) is 11.6 Å². The zero-order valence-corrected chi connectivity index (χ0v) is 12.6. The zero-order chi connectivity index (χ0) is 13.7. The van der Waals surface area contributed by atoms with Crippen LogP contribution in [0.2, 0.25) is 5.02 Å². The third-order valence-electron chi connectivity index (χ3n) is 2.14. The van der Waals surface area contributed by atoms with E-state index in [4.69, 9.17) is 16.3 Å². The third kappa shape index (κ3) is 4.04. The van der Waals surface area contributed by atoms with E-state index >= 15 is 0 Å². The highest BCUT2D eigenvalue weighted by Crippen LogP contribution is 2.28. The maximum atomic E-state index is 5.85. The van der Waals surface area contributed by atoms with Crippen LogP contribution in [0.1, 0.15) is 13.3 Å². The Morgan fingerprint density at radius 3 is 2.95 bits per heavy atom. The van der Waals surface area contributed by atoms with Gasteiger partial charge in [0.05, 0.1) is 21.9 Å². The van der Waals surface area contributed by atoms with E-state index < -0.39 is 0 Å². The van der Waals surface area contributed by atoms with Crippen molar-refractivity contribution in [3.63, 3.8) is 0 Å². The maximum absolute atomic E-state index is 5.85. The molecule has 2 aromatic heterocycles. The fourth-order valence-electron chi connectivity index (χ4n) is 1.30. The first-order valence-electron chi connectivity index (χ1n) is 5.74. The van der Waals surface area contributed by atoms with Crippen LogP contribution < -0.4 is 10.1 Å². The number of anilines is 1. The molecule has 7 heteroatoms. The summed E-state index contributed by atoms with van der Waals surface area (Å²) in [5.41, 5.74) is 0. The minimum Gasteiger partial charge on any atom is -0.436 e. The van der Waals surface area contributed by atoms with Crippen LogP contribution in [0.4, 0.5) is 5.95 Å². The van der Waals surface area contributed by atoms with Crippen molar-refractivity contribution < 1.29 is 4.74 Å². The van der Waals surface area contributed by atoms with Crippen molar-refractivity contribution in [2.24, 2.45) is 0 Å². The number of hydrogen-bond acceptors (Lipinski definition) is 5. The van der Waals surface area contributed by atoms with Gasteiger partial charge < -0.3 is 10.1 Å². The second-order valence-corrected chi connectivity index (χ2v) is 5.01. The molecule has 0 aliphatic carbocycles. The van der Waals surface area contributed by atoms with E-state index in [0.717, 1.165) is 13.0 Å². The quantitative estimate of drug-likeness (QED) is 0.892. The van der Waals surface area contributed by atoms with Gasteiger partial charge in [0.1, 0.15) is 5.75 Å². The van der Waals surface area contributed by atoms with Gasteiger partial charge in [-0.05, 0) is 22.4 Å². The van der Waals surface area contributed by atoms with Crippen LogP contribution in [-0.2, 0) is 0 Å². The number of aromatic nitrogens is 3. The fraction of sp³-hybridized carbons (Fsp3) is 0.250.